The molecule has 11 aromatic carbocycles. The Morgan fingerprint density at radius 2 is 0.788 bits per heavy atom. The van der Waals surface area contributed by atoms with Crippen LogP contribution in [0.2, 0.25) is 0 Å². The minimum atomic E-state index is 0.902. The van der Waals surface area contributed by atoms with Crippen molar-refractivity contribution in [1.82, 2.24) is 0 Å². The predicted octanol–water partition coefficient (Wildman–Crippen LogP) is 14.5. The summed E-state index contributed by atoms with van der Waals surface area (Å²) in [6.07, 6.45) is 0. The van der Waals surface area contributed by atoms with Gasteiger partial charge in [0.1, 0.15) is 11.2 Å². The van der Waals surface area contributed by atoms with Crippen molar-refractivity contribution < 1.29 is 4.42 Å². The van der Waals surface area contributed by atoms with Crippen LogP contribution in [0.3, 0.4) is 0 Å². The quantitative estimate of drug-likeness (QED) is 0.175. The second-order valence-electron chi connectivity index (χ2n) is 14.1. The van der Waals surface area contributed by atoms with Crippen LogP contribution < -0.4 is 4.90 Å². The molecule has 52 heavy (non-hydrogen) atoms. The molecule has 0 fully saturated rings. The van der Waals surface area contributed by atoms with Gasteiger partial charge >= 0.3 is 0 Å². The number of benzene rings is 11. The summed E-state index contributed by atoms with van der Waals surface area (Å²) in [6.45, 7) is 0. The van der Waals surface area contributed by atoms with Crippen molar-refractivity contribution in [2.24, 2.45) is 0 Å². The highest BCUT2D eigenvalue weighted by atomic mass is 16.3. The topological polar surface area (TPSA) is 16.4 Å². The van der Waals surface area contributed by atoms with Crippen LogP contribution in [0.1, 0.15) is 0 Å². The van der Waals surface area contributed by atoms with Crippen molar-refractivity contribution in [3.05, 3.63) is 176 Å². The summed E-state index contributed by atoms with van der Waals surface area (Å²) in [7, 11) is 0. The molecule has 0 aliphatic carbocycles. The molecule has 12 aromatic rings. The zero-order chi connectivity index (χ0) is 33.9. The third kappa shape index (κ3) is 3.84. The van der Waals surface area contributed by atoms with Crippen LogP contribution >= 0.6 is 0 Å². The first-order chi connectivity index (χ1) is 25.8. The number of para-hydroxylation sites is 1. The monoisotopic (exact) mass is 659 g/mol. The van der Waals surface area contributed by atoms with Gasteiger partial charge in [-0.15, -0.1) is 0 Å². The lowest BCUT2D eigenvalue weighted by Crippen LogP contribution is -2.11. The molecule has 0 bridgehead atoms. The van der Waals surface area contributed by atoms with E-state index in [9.17, 15) is 0 Å². The number of hydrogen-bond acceptors (Lipinski definition) is 2. The van der Waals surface area contributed by atoms with Crippen molar-refractivity contribution in [2.75, 3.05) is 4.90 Å². The standard InChI is InChI=1S/C50H29NO/c1-2-13-45-39(12-1)40-23-20-37(29-46(40)52-45)36-10-5-11-38(28-36)51(43-26-21-34-16-14-30-6-3-8-32-18-24-41(43)49(34)47(30)32)44-27-22-35-17-15-31-7-4-9-33-19-25-42(44)50(35)48(31)33/h1-29H. The Morgan fingerprint density at radius 1 is 0.308 bits per heavy atom. The first-order valence-electron chi connectivity index (χ1n) is 17.9. The van der Waals surface area contributed by atoms with Gasteiger partial charge in [-0.2, -0.15) is 0 Å². The van der Waals surface area contributed by atoms with Crippen LogP contribution in [0.5, 0.6) is 0 Å². The SMILES string of the molecule is c1cc(-c2ccc3c(c2)oc2ccccc23)cc(N(c2ccc3ccc4cccc5ccc2c3c45)c2ccc3ccc4cccc5ccc2c3c45)c1. The van der Waals surface area contributed by atoms with E-state index >= 15 is 0 Å². The lowest BCUT2D eigenvalue weighted by molar-refractivity contribution is 0.669. The third-order valence-electron chi connectivity index (χ3n) is 11.3. The van der Waals surface area contributed by atoms with Gasteiger partial charge in [0.15, 0.2) is 0 Å². The molecule has 2 nitrogen and oxygen atoms in total. The summed E-state index contributed by atoms with van der Waals surface area (Å²) < 4.78 is 6.33. The molecule has 0 atom stereocenters. The van der Waals surface area contributed by atoms with Gasteiger partial charge in [0.05, 0.1) is 11.4 Å². The van der Waals surface area contributed by atoms with Crippen LogP contribution in [-0.2, 0) is 0 Å². The van der Waals surface area contributed by atoms with Gasteiger partial charge in [-0.05, 0) is 107 Å². The van der Waals surface area contributed by atoms with Gasteiger partial charge in [-0.25, -0.2) is 0 Å². The molecule has 240 valence electrons. The van der Waals surface area contributed by atoms with E-state index in [1.807, 2.05) is 12.1 Å². The predicted molar refractivity (Wildman–Crippen MR) is 221 cm³/mol. The highest BCUT2D eigenvalue weighted by Gasteiger charge is 2.22. The molecular formula is C50H29NO. The molecule has 0 aliphatic rings. The van der Waals surface area contributed by atoms with Gasteiger partial charge < -0.3 is 9.32 Å². The zero-order valence-corrected chi connectivity index (χ0v) is 28.1. The van der Waals surface area contributed by atoms with E-state index in [4.69, 9.17) is 4.42 Å². The molecule has 0 unspecified atom stereocenters. The smallest absolute Gasteiger partial charge is 0.136 e. The van der Waals surface area contributed by atoms with Crippen LogP contribution in [0.15, 0.2) is 180 Å². The fraction of sp³-hybridized carbons (Fsp3) is 0. The maximum absolute atomic E-state index is 6.33. The van der Waals surface area contributed by atoms with Crippen LogP contribution in [0, 0.1) is 0 Å². The van der Waals surface area contributed by atoms with Crippen molar-refractivity contribution in [3.63, 3.8) is 0 Å². The summed E-state index contributed by atoms with van der Waals surface area (Å²) >= 11 is 0. The first-order valence-corrected chi connectivity index (χ1v) is 17.9. The summed E-state index contributed by atoms with van der Waals surface area (Å²) in [4.78, 5) is 2.49. The number of fused-ring (bicyclic) bond motifs is 3. The summed E-state index contributed by atoms with van der Waals surface area (Å²) in [6, 6.07) is 64.6. The van der Waals surface area contributed by atoms with Gasteiger partial charge in [-0.1, -0.05) is 133 Å². The molecule has 0 saturated carbocycles. The van der Waals surface area contributed by atoms with Crippen molar-refractivity contribution >= 4 is 104 Å². The number of furan rings is 1. The molecule has 12 rings (SSSR count). The molecule has 0 saturated heterocycles. The minimum absolute atomic E-state index is 0.902. The normalized spacial score (nSPS) is 12.2. The Labute approximate surface area is 299 Å². The highest BCUT2D eigenvalue weighted by molar-refractivity contribution is 6.28. The number of nitrogens with zero attached hydrogens (tertiary/aromatic N) is 1. The van der Waals surface area contributed by atoms with E-state index in [1.165, 1.54) is 64.6 Å². The first kappa shape index (κ1) is 27.9. The maximum atomic E-state index is 6.33. The molecule has 1 heterocycles. The van der Waals surface area contributed by atoms with E-state index in [1.54, 1.807) is 0 Å². The van der Waals surface area contributed by atoms with E-state index in [0.717, 1.165) is 50.1 Å². The number of hydrogen-bond donors (Lipinski definition) is 0. The van der Waals surface area contributed by atoms with Gasteiger partial charge in [0.25, 0.3) is 0 Å². The second-order valence-corrected chi connectivity index (χ2v) is 14.1. The Morgan fingerprint density at radius 3 is 1.42 bits per heavy atom. The maximum Gasteiger partial charge on any atom is 0.136 e. The fourth-order valence-corrected chi connectivity index (χ4v) is 8.97. The van der Waals surface area contributed by atoms with Crippen molar-refractivity contribution in [3.8, 4) is 11.1 Å². The zero-order valence-electron chi connectivity index (χ0n) is 28.1. The average Bonchev–Trinajstić information content (AvgIpc) is 3.58. The number of rotatable bonds is 4. The van der Waals surface area contributed by atoms with Crippen LogP contribution in [-0.4, -0.2) is 0 Å². The molecule has 2 heteroatoms. The lowest BCUT2D eigenvalue weighted by Gasteiger charge is -2.30. The summed E-state index contributed by atoms with van der Waals surface area (Å²) in [5.74, 6) is 0. The lowest BCUT2D eigenvalue weighted by atomic mass is 9.91. The van der Waals surface area contributed by atoms with Crippen molar-refractivity contribution in [1.29, 1.82) is 0 Å². The molecule has 1 aromatic heterocycles. The molecule has 0 spiro atoms. The van der Waals surface area contributed by atoms with Gasteiger partial charge in [0, 0.05) is 27.2 Å². The average molecular weight is 660 g/mol. The summed E-state index contributed by atoms with van der Waals surface area (Å²) in [5.41, 5.74) is 7.50. The molecule has 0 radical (unpaired) electrons. The largest absolute Gasteiger partial charge is 0.456 e. The van der Waals surface area contributed by atoms with E-state index in [2.05, 4.69) is 169 Å². The number of anilines is 3. The van der Waals surface area contributed by atoms with E-state index in [0.29, 0.717) is 0 Å². The third-order valence-corrected chi connectivity index (χ3v) is 11.3. The van der Waals surface area contributed by atoms with Crippen molar-refractivity contribution in [2.45, 2.75) is 0 Å². The Kier molecular flexibility index (Phi) is 5.53. The fourth-order valence-electron chi connectivity index (χ4n) is 8.97. The summed E-state index contributed by atoms with van der Waals surface area (Å²) in [5, 5.41) is 17.6. The Hall–Kier alpha value is -6.90. The molecular weight excluding hydrogens is 631 g/mol. The van der Waals surface area contributed by atoms with Crippen LogP contribution in [0.4, 0.5) is 17.1 Å². The highest BCUT2D eigenvalue weighted by Crippen LogP contribution is 2.48. The van der Waals surface area contributed by atoms with E-state index < -0.39 is 0 Å². The van der Waals surface area contributed by atoms with Gasteiger partial charge in [-0.3, -0.25) is 0 Å². The Bertz CT molecular complexity index is 3190. The van der Waals surface area contributed by atoms with Gasteiger partial charge in [0.2, 0.25) is 0 Å². The van der Waals surface area contributed by atoms with E-state index in [-0.39, 0.29) is 0 Å². The Balaban J connectivity index is 1.14. The van der Waals surface area contributed by atoms with Crippen LogP contribution in [0.25, 0.3) is 97.7 Å². The second kappa shape index (κ2) is 10.3. The molecule has 0 amide bonds. The molecule has 0 N–H and O–H groups in total. The minimum Gasteiger partial charge on any atom is -0.456 e. The molecule has 0 aliphatic heterocycles.